The molecule has 1 amide bonds. The van der Waals surface area contributed by atoms with Gasteiger partial charge in [-0.15, -0.1) is 0 Å². The van der Waals surface area contributed by atoms with Gasteiger partial charge in [0.25, 0.3) is 5.91 Å². The average Bonchev–Trinajstić information content (AvgIpc) is 3.30. The van der Waals surface area contributed by atoms with Crippen molar-refractivity contribution in [2.24, 2.45) is 0 Å². The van der Waals surface area contributed by atoms with E-state index in [1.807, 2.05) is 42.5 Å². The van der Waals surface area contributed by atoms with E-state index in [9.17, 15) is 4.79 Å². The van der Waals surface area contributed by atoms with Crippen molar-refractivity contribution in [1.82, 2.24) is 9.97 Å². The summed E-state index contributed by atoms with van der Waals surface area (Å²) in [5.74, 6) is 0.689. The number of fused-ring (bicyclic) bond motifs is 1. The molecule has 4 rings (SSSR count). The molecule has 0 radical (unpaired) electrons. The third-order valence-electron chi connectivity index (χ3n) is 6.27. The van der Waals surface area contributed by atoms with Crippen LogP contribution in [0.15, 0.2) is 66.7 Å². The monoisotopic (exact) mass is 455 g/mol. The molecule has 0 saturated carbocycles. The van der Waals surface area contributed by atoms with Crippen molar-refractivity contribution in [3.8, 4) is 11.4 Å². The highest BCUT2D eigenvalue weighted by Gasteiger charge is 2.11. The molecule has 176 valence electrons. The summed E-state index contributed by atoms with van der Waals surface area (Å²) >= 11 is 0. The Morgan fingerprint density at radius 2 is 1.35 bits per heavy atom. The maximum atomic E-state index is 12.8. The van der Waals surface area contributed by atoms with E-state index < -0.39 is 0 Å². The van der Waals surface area contributed by atoms with E-state index >= 15 is 0 Å². The molecule has 2 N–H and O–H groups in total. The van der Waals surface area contributed by atoms with Crippen LogP contribution >= 0.6 is 0 Å². The number of carbonyl (C=O) groups excluding carboxylic acids is 1. The lowest BCUT2D eigenvalue weighted by molar-refractivity contribution is 0.102. The molecule has 0 atom stereocenters. The first-order valence-electron chi connectivity index (χ1n) is 12.1. The van der Waals surface area contributed by atoms with E-state index in [0.717, 1.165) is 60.0 Å². The number of amides is 1. The Morgan fingerprint density at radius 1 is 0.794 bits per heavy atom. The molecule has 0 aliphatic heterocycles. The van der Waals surface area contributed by atoms with Gasteiger partial charge in [-0.2, -0.15) is 0 Å². The highest BCUT2D eigenvalue weighted by atomic mass is 16.1. The minimum Gasteiger partial charge on any atom is -0.372 e. The molecule has 34 heavy (non-hydrogen) atoms. The zero-order valence-electron chi connectivity index (χ0n) is 20.4. The van der Waals surface area contributed by atoms with E-state index in [1.54, 1.807) is 0 Å². The van der Waals surface area contributed by atoms with Crippen LogP contribution in [0.3, 0.4) is 0 Å². The second kappa shape index (κ2) is 10.4. The van der Waals surface area contributed by atoms with Crippen molar-refractivity contribution < 1.29 is 4.79 Å². The number of carbonyl (C=O) groups is 1. The van der Waals surface area contributed by atoms with E-state index in [2.05, 4.69) is 72.1 Å². The predicted molar refractivity (Wildman–Crippen MR) is 143 cm³/mol. The van der Waals surface area contributed by atoms with Crippen LogP contribution in [0.25, 0.3) is 22.4 Å². The van der Waals surface area contributed by atoms with Gasteiger partial charge in [-0.3, -0.25) is 4.79 Å². The Balaban J connectivity index is 1.49. The van der Waals surface area contributed by atoms with Crippen molar-refractivity contribution >= 4 is 34.0 Å². The molecule has 0 bridgehead atoms. The summed E-state index contributed by atoms with van der Waals surface area (Å²) in [5, 5.41) is 3.00. The lowest BCUT2D eigenvalue weighted by Gasteiger charge is -2.21. The van der Waals surface area contributed by atoms with E-state index in [-0.39, 0.29) is 5.91 Å². The van der Waals surface area contributed by atoms with Crippen LogP contribution in [0.1, 0.15) is 38.1 Å². The van der Waals surface area contributed by atoms with Gasteiger partial charge in [-0.25, -0.2) is 4.98 Å². The van der Waals surface area contributed by atoms with E-state index in [1.165, 1.54) is 5.69 Å². The SMILES string of the molecule is CCN(CC)c1ccc(C(=O)Nc2ccc3nc(-c4ccc(N(CC)CC)cc4)[nH]c3c2)cc1. The zero-order valence-corrected chi connectivity index (χ0v) is 20.4. The van der Waals surface area contributed by atoms with Crippen LogP contribution in [0.5, 0.6) is 0 Å². The molecule has 0 aliphatic rings. The van der Waals surface area contributed by atoms with Crippen LogP contribution < -0.4 is 15.1 Å². The van der Waals surface area contributed by atoms with Crippen molar-refractivity contribution in [3.63, 3.8) is 0 Å². The highest BCUT2D eigenvalue weighted by molar-refractivity contribution is 6.05. The molecule has 1 aromatic heterocycles. The Kier molecular flexibility index (Phi) is 7.16. The summed E-state index contributed by atoms with van der Waals surface area (Å²) in [7, 11) is 0. The maximum absolute atomic E-state index is 12.8. The van der Waals surface area contributed by atoms with Crippen molar-refractivity contribution in [1.29, 1.82) is 0 Å². The number of nitrogens with one attached hydrogen (secondary N) is 2. The first-order valence-corrected chi connectivity index (χ1v) is 12.1. The van der Waals surface area contributed by atoms with Gasteiger partial charge in [0, 0.05) is 54.4 Å². The number of imidazole rings is 1. The zero-order chi connectivity index (χ0) is 24.1. The molecule has 0 saturated heterocycles. The molecule has 0 aliphatic carbocycles. The topological polar surface area (TPSA) is 64.3 Å². The number of aromatic nitrogens is 2. The molecular weight excluding hydrogens is 422 g/mol. The lowest BCUT2D eigenvalue weighted by Crippen LogP contribution is -2.21. The van der Waals surface area contributed by atoms with Crippen LogP contribution in [0.4, 0.5) is 17.1 Å². The number of aromatic amines is 1. The van der Waals surface area contributed by atoms with Gasteiger partial charge >= 0.3 is 0 Å². The second-order valence-corrected chi connectivity index (χ2v) is 8.21. The number of H-pyrrole nitrogens is 1. The summed E-state index contributed by atoms with van der Waals surface area (Å²) < 4.78 is 0. The molecule has 0 unspecified atom stereocenters. The van der Waals surface area contributed by atoms with E-state index in [0.29, 0.717) is 5.56 Å². The third-order valence-corrected chi connectivity index (χ3v) is 6.27. The minimum absolute atomic E-state index is 0.128. The fraction of sp³-hybridized carbons (Fsp3) is 0.286. The smallest absolute Gasteiger partial charge is 0.255 e. The molecule has 0 spiro atoms. The first-order chi connectivity index (χ1) is 16.6. The van der Waals surface area contributed by atoms with Crippen LogP contribution in [-0.4, -0.2) is 42.1 Å². The summed E-state index contributed by atoms with van der Waals surface area (Å²) in [5.41, 5.74) is 6.48. The highest BCUT2D eigenvalue weighted by Crippen LogP contribution is 2.25. The predicted octanol–water partition coefficient (Wildman–Crippen LogP) is 6.17. The summed E-state index contributed by atoms with van der Waals surface area (Å²) in [6, 6.07) is 21.9. The van der Waals surface area contributed by atoms with Crippen molar-refractivity contribution in [3.05, 3.63) is 72.3 Å². The average molecular weight is 456 g/mol. The molecule has 6 nitrogen and oxygen atoms in total. The van der Waals surface area contributed by atoms with Gasteiger partial charge in [0.2, 0.25) is 0 Å². The number of nitrogens with zero attached hydrogens (tertiary/aromatic N) is 3. The third kappa shape index (κ3) is 4.91. The van der Waals surface area contributed by atoms with Crippen LogP contribution in [-0.2, 0) is 0 Å². The summed E-state index contributed by atoms with van der Waals surface area (Å²) in [4.78, 5) is 25.5. The number of rotatable bonds is 9. The number of benzene rings is 3. The lowest BCUT2D eigenvalue weighted by atomic mass is 10.1. The molecule has 0 fully saturated rings. The van der Waals surface area contributed by atoms with E-state index in [4.69, 9.17) is 4.98 Å². The van der Waals surface area contributed by atoms with Gasteiger partial charge in [-0.1, -0.05) is 0 Å². The number of hydrogen-bond donors (Lipinski definition) is 2. The summed E-state index contributed by atoms with van der Waals surface area (Å²) in [6.45, 7) is 12.4. The largest absolute Gasteiger partial charge is 0.372 e. The van der Waals surface area contributed by atoms with Crippen molar-refractivity contribution in [2.45, 2.75) is 27.7 Å². The molecule has 6 heteroatoms. The normalized spacial score (nSPS) is 10.9. The fourth-order valence-corrected chi connectivity index (χ4v) is 4.26. The number of hydrogen-bond acceptors (Lipinski definition) is 4. The van der Waals surface area contributed by atoms with Gasteiger partial charge in [-0.05, 0) is 94.4 Å². The van der Waals surface area contributed by atoms with Crippen LogP contribution in [0, 0.1) is 0 Å². The minimum atomic E-state index is -0.128. The maximum Gasteiger partial charge on any atom is 0.255 e. The van der Waals surface area contributed by atoms with Crippen molar-refractivity contribution in [2.75, 3.05) is 41.3 Å². The van der Waals surface area contributed by atoms with Crippen LogP contribution in [0.2, 0.25) is 0 Å². The molecule has 4 aromatic rings. The van der Waals surface area contributed by atoms with Gasteiger partial charge < -0.3 is 20.1 Å². The Hall–Kier alpha value is -3.80. The Bertz CT molecular complexity index is 1240. The Morgan fingerprint density at radius 3 is 1.91 bits per heavy atom. The van der Waals surface area contributed by atoms with Gasteiger partial charge in [0.1, 0.15) is 5.82 Å². The number of anilines is 3. The second-order valence-electron chi connectivity index (χ2n) is 8.21. The molecule has 3 aromatic carbocycles. The fourth-order valence-electron chi connectivity index (χ4n) is 4.26. The summed E-state index contributed by atoms with van der Waals surface area (Å²) in [6.07, 6.45) is 0. The van der Waals surface area contributed by atoms with Gasteiger partial charge in [0.05, 0.1) is 11.0 Å². The standard InChI is InChI=1S/C28H33N5O/c1-5-32(6-2)23-14-9-20(10-15-23)27-30-25-18-13-22(19-26(25)31-27)29-28(34)21-11-16-24(17-12-21)33(7-3)8-4/h9-19H,5-8H2,1-4H3,(H,29,34)(H,30,31). The van der Waals surface area contributed by atoms with Gasteiger partial charge in [0.15, 0.2) is 0 Å². The molecular formula is C28H33N5O. The Labute approximate surface area is 201 Å². The first kappa shape index (κ1) is 23.4. The molecule has 1 heterocycles. The quantitative estimate of drug-likeness (QED) is 0.317.